The van der Waals surface area contributed by atoms with Crippen LogP contribution in [0.25, 0.3) is 6.08 Å². The van der Waals surface area contributed by atoms with Crippen LogP contribution in [0.5, 0.6) is 11.5 Å². The molecule has 0 saturated carbocycles. The van der Waals surface area contributed by atoms with Crippen LogP contribution in [0.1, 0.15) is 16.7 Å². The second-order valence-electron chi connectivity index (χ2n) is 8.04. The smallest absolute Gasteiger partial charge is 0.271 e. The minimum absolute atomic E-state index is 0.123. The predicted molar refractivity (Wildman–Crippen MR) is 163 cm³/mol. The van der Waals surface area contributed by atoms with Crippen LogP contribution in [0.2, 0.25) is 10.0 Å². The lowest BCUT2D eigenvalue weighted by atomic mass is 10.1. The van der Waals surface area contributed by atoms with E-state index in [4.69, 9.17) is 44.1 Å². The van der Waals surface area contributed by atoms with Gasteiger partial charge in [0.05, 0.1) is 27.0 Å². The number of amides is 1. The minimum Gasteiger partial charge on any atom is -0.493 e. The van der Waals surface area contributed by atoms with Crippen LogP contribution in [-0.2, 0) is 4.79 Å². The molecular weight excluding hydrogens is 642 g/mol. The fourth-order valence-electron chi connectivity index (χ4n) is 3.49. The summed E-state index contributed by atoms with van der Waals surface area (Å²) in [5.74, 6) is 3.32. The Morgan fingerprint density at radius 2 is 1.81 bits per heavy atom. The number of carbonyl (C=O) groups excluding carboxylic acids is 1. The molecule has 0 bridgehead atoms. The average molecular weight is 663 g/mol. The third-order valence-corrected chi connectivity index (χ3v) is 8.03. The number of thioether (sulfide) groups is 1. The molecule has 0 aliphatic carbocycles. The largest absolute Gasteiger partial charge is 0.493 e. The fraction of sp³-hybridized carbons (Fsp3) is 0.143. The van der Waals surface area contributed by atoms with Crippen LogP contribution in [0.3, 0.4) is 0 Å². The first-order valence-corrected chi connectivity index (χ1v) is 13.7. The number of ether oxygens (including phenoxy) is 2. The third kappa shape index (κ3) is 6.10. The number of rotatable bonds is 6. The summed E-state index contributed by atoms with van der Waals surface area (Å²) in [6.45, 7) is 3.96. The second-order valence-corrected chi connectivity index (χ2v) is 11.0. The van der Waals surface area contributed by atoms with E-state index >= 15 is 0 Å². The van der Waals surface area contributed by atoms with E-state index in [0.29, 0.717) is 43.0 Å². The predicted octanol–water partition coefficient (Wildman–Crippen LogP) is 8.04. The van der Waals surface area contributed by atoms with Crippen LogP contribution < -0.4 is 14.4 Å². The Morgan fingerprint density at radius 1 is 1.11 bits per heavy atom. The van der Waals surface area contributed by atoms with E-state index in [2.05, 4.69) is 28.5 Å². The van der Waals surface area contributed by atoms with Gasteiger partial charge in [-0.15, -0.1) is 6.42 Å². The Labute approximate surface area is 244 Å². The summed E-state index contributed by atoms with van der Waals surface area (Å²) in [5.41, 5.74) is 3.90. The van der Waals surface area contributed by atoms with Gasteiger partial charge in [0.1, 0.15) is 6.61 Å². The highest BCUT2D eigenvalue weighted by Crippen LogP contribution is 2.40. The lowest BCUT2D eigenvalue weighted by molar-refractivity contribution is -0.113. The molecule has 5 nitrogen and oxygen atoms in total. The summed E-state index contributed by atoms with van der Waals surface area (Å²) < 4.78 is 12.0. The maximum Gasteiger partial charge on any atom is 0.271 e. The number of carbonyl (C=O) groups is 1. The van der Waals surface area contributed by atoms with Crippen molar-refractivity contribution >= 4 is 86.1 Å². The normalized spacial score (nSPS) is 15.4. The Morgan fingerprint density at radius 3 is 2.46 bits per heavy atom. The van der Waals surface area contributed by atoms with Crippen molar-refractivity contribution in [2.45, 2.75) is 13.8 Å². The van der Waals surface area contributed by atoms with Gasteiger partial charge in [-0.25, -0.2) is 4.99 Å². The van der Waals surface area contributed by atoms with E-state index in [1.54, 1.807) is 36.3 Å². The molecule has 3 aromatic rings. The van der Waals surface area contributed by atoms with Gasteiger partial charge >= 0.3 is 0 Å². The molecule has 1 saturated heterocycles. The van der Waals surface area contributed by atoms with Crippen molar-refractivity contribution in [3.8, 4) is 23.8 Å². The molecule has 37 heavy (non-hydrogen) atoms. The molecule has 9 heteroatoms. The number of methoxy groups -OCH3 is 1. The Hall–Kier alpha value is -2.64. The minimum atomic E-state index is -0.219. The van der Waals surface area contributed by atoms with Gasteiger partial charge in [0.15, 0.2) is 16.7 Å². The van der Waals surface area contributed by atoms with Gasteiger partial charge in [0.25, 0.3) is 5.91 Å². The number of hydrogen-bond acceptors (Lipinski definition) is 5. The molecule has 1 amide bonds. The van der Waals surface area contributed by atoms with E-state index in [1.165, 1.54) is 11.8 Å². The van der Waals surface area contributed by atoms with Crippen molar-refractivity contribution < 1.29 is 14.3 Å². The monoisotopic (exact) mass is 662 g/mol. The van der Waals surface area contributed by atoms with Crippen LogP contribution in [0, 0.1) is 29.8 Å². The van der Waals surface area contributed by atoms with Gasteiger partial charge in [0.2, 0.25) is 0 Å². The summed E-state index contributed by atoms with van der Waals surface area (Å²) in [5, 5.41) is 1.66. The van der Waals surface area contributed by atoms with E-state index < -0.39 is 0 Å². The van der Waals surface area contributed by atoms with Crippen LogP contribution in [0.4, 0.5) is 11.4 Å². The van der Waals surface area contributed by atoms with Crippen molar-refractivity contribution in [2.24, 2.45) is 4.99 Å². The number of aliphatic imine (C=N–C) groups is 1. The molecule has 1 fully saturated rings. The number of aryl methyl sites for hydroxylation is 2. The molecular formula is C28H21Cl2IN2O3S. The molecule has 4 rings (SSSR count). The number of hydrogen-bond donors (Lipinski definition) is 0. The molecule has 0 spiro atoms. The molecule has 0 unspecified atom stereocenters. The lowest BCUT2D eigenvalue weighted by Crippen LogP contribution is -2.28. The lowest BCUT2D eigenvalue weighted by Gasteiger charge is -2.16. The number of anilines is 1. The third-order valence-electron chi connectivity index (χ3n) is 5.45. The number of nitrogens with zero attached hydrogens (tertiary/aromatic N) is 2. The first kappa shape index (κ1) is 27.4. The van der Waals surface area contributed by atoms with Crippen molar-refractivity contribution in [3.05, 3.63) is 83.7 Å². The Bertz CT molecular complexity index is 1500. The highest BCUT2D eigenvalue weighted by atomic mass is 127. The van der Waals surface area contributed by atoms with Crippen LogP contribution in [-0.4, -0.2) is 24.8 Å². The van der Waals surface area contributed by atoms with Crippen molar-refractivity contribution in [1.29, 1.82) is 0 Å². The zero-order chi connectivity index (χ0) is 26.7. The fourth-order valence-corrected chi connectivity index (χ4v) is 5.62. The zero-order valence-corrected chi connectivity index (χ0v) is 24.6. The summed E-state index contributed by atoms with van der Waals surface area (Å²) in [7, 11) is 1.56. The summed E-state index contributed by atoms with van der Waals surface area (Å²) in [6.07, 6.45) is 7.14. The van der Waals surface area contributed by atoms with Gasteiger partial charge < -0.3 is 9.47 Å². The Balaban J connectivity index is 1.79. The molecule has 1 heterocycles. The van der Waals surface area contributed by atoms with Gasteiger partial charge in [-0.3, -0.25) is 9.69 Å². The molecule has 0 aromatic heterocycles. The Kier molecular flexibility index (Phi) is 8.75. The SMILES string of the molecule is C#CCOc1c(I)cc(/C=C2/SC(=Nc3ccc(C)c(Cl)c3)N(c3ccc(C)c(Cl)c3)C2=O)cc1OC. The molecule has 0 radical (unpaired) electrons. The van der Waals surface area contributed by atoms with Gasteiger partial charge in [0, 0.05) is 10.0 Å². The van der Waals surface area contributed by atoms with Gasteiger partial charge in [-0.05, 0) is 107 Å². The van der Waals surface area contributed by atoms with Crippen LogP contribution >= 0.6 is 57.6 Å². The standard InChI is InChI=1S/C28H21Cl2IN2O3S/c1-5-10-36-26-23(31)11-18(12-24(26)35-4)13-25-27(34)33(20-9-7-17(3)22(30)15-20)28(37-25)32-19-8-6-16(2)21(29)14-19/h1,6-9,11-15H,10H2,2-4H3/b25-13+,32-28?. The summed E-state index contributed by atoms with van der Waals surface area (Å²) in [4.78, 5) is 20.5. The first-order chi connectivity index (χ1) is 17.7. The summed E-state index contributed by atoms with van der Waals surface area (Å²) in [6, 6.07) is 14.7. The summed E-state index contributed by atoms with van der Waals surface area (Å²) >= 11 is 16.1. The van der Waals surface area contributed by atoms with E-state index in [-0.39, 0.29) is 12.5 Å². The van der Waals surface area contributed by atoms with E-state index in [9.17, 15) is 4.79 Å². The molecule has 0 N–H and O–H groups in total. The first-order valence-electron chi connectivity index (χ1n) is 11.0. The maximum atomic E-state index is 13.7. The molecule has 188 valence electrons. The second kappa shape index (κ2) is 11.8. The molecule has 3 aromatic carbocycles. The van der Waals surface area contributed by atoms with E-state index in [0.717, 1.165) is 20.3 Å². The van der Waals surface area contributed by atoms with Crippen molar-refractivity contribution in [2.75, 3.05) is 18.6 Å². The number of benzene rings is 3. The number of halogens is 3. The van der Waals surface area contributed by atoms with Crippen molar-refractivity contribution in [3.63, 3.8) is 0 Å². The highest BCUT2D eigenvalue weighted by molar-refractivity contribution is 14.1. The molecule has 1 aliphatic rings. The zero-order valence-electron chi connectivity index (χ0n) is 20.1. The molecule has 0 atom stereocenters. The topological polar surface area (TPSA) is 51.1 Å². The number of amidine groups is 1. The average Bonchev–Trinajstić information content (AvgIpc) is 3.16. The van der Waals surface area contributed by atoms with Crippen LogP contribution in [0.15, 0.2) is 58.4 Å². The van der Waals surface area contributed by atoms with Crippen molar-refractivity contribution in [1.82, 2.24) is 0 Å². The van der Waals surface area contributed by atoms with E-state index in [1.807, 2.05) is 44.2 Å². The highest BCUT2D eigenvalue weighted by Gasteiger charge is 2.35. The molecule has 1 aliphatic heterocycles. The van der Waals surface area contributed by atoms with Gasteiger partial charge in [-0.1, -0.05) is 41.3 Å². The maximum absolute atomic E-state index is 13.7. The quantitative estimate of drug-likeness (QED) is 0.152. The van der Waals surface area contributed by atoms with Gasteiger partial charge in [-0.2, -0.15) is 0 Å². The number of terminal acetylenes is 1.